The van der Waals surface area contributed by atoms with E-state index in [2.05, 4.69) is 10.0 Å². The molecule has 0 bridgehead atoms. The van der Waals surface area contributed by atoms with E-state index in [9.17, 15) is 13.2 Å². The van der Waals surface area contributed by atoms with Crippen LogP contribution in [0.25, 0.3) is 0 Å². The molecular formula is C13H19N3O3S. The Hall–Kier alpha value is -1.76. The number of rotatable bonds is 4. The van der Waals surface area contributed by atoms with E-state index in [0.29, 0.717) is 11.4 Å². The summed E-state index contributed by atoms with van der Waals surface area (Å²) in [6, 6.07) is 6.52. The van der Waals surface area contributed by atoms with Crippen molar-refractivity contribution in [1.82, 2.24) is 4.90 Å². The number of likely N-dealkylation sites (tertiary alicyclic amines) is 1. The van der Waals surface area contributed by atoms with E-state index in [1.165, 1.54) is 0 Å². The fourth-order valence-electron chi connectivity index (χ4n) is 2.00. The van der Waals surface area contributed by atoms with E-state index in [4.69, 9.17) is 0 Å². The molecule has 1 aromatic carbocycles. The van der Waals surface area contributed by atoms with Crippen LogP contribution in [0, 0.1) is 0 Å². The van der Waals surface area contributed by atoms with Crippen LogP contribution in [0.4, 0.5) is 16.2 Å². The number of nitrogens with one attached hydrogen (secondary N) is 2. The van der Waals surface area contributed by atoms with Gasteiger partial charge in [-0.2, -0.15) is 0 Å². The van der Waals surface area contributed by atoms with Gasteiger partial charge in [0.2, 0.25) is 10.0 Å². The second-order valence-electron chi connectivity index (χ2n) is 4.71. The highest BCUT2D eigenvalue weighted by molar-refractivity contribution is 7.92. The number of anilines is 2. The minimum absolute atomic E-state index is 0.0282. The quantitative estimate of drug-likeness (QED) is 0.893. The maximum atomic E-state index is 11.9. The highest BCUT2D eigenvalue weighted by Gasteiger charge is 2.17. The van der Waals surface area contributed by atoms with Crippen LogP contribution in [-0.2, 0) is 10.0 Å². The SMILES string of the molecule is CCS(=O)(=O)Nc1ccc(NC(=O)N2CCCC2)cc1. The first kappa shape index (κ1) is 14.6. The zero-order valence-electron chi connectivity index (χ0n) is 11.4. The van der Waals surface area contributed by atoms with Crippen molar-refractivity contribution in [1.29, 1.82) is 0 Å². The summed E-state index contributed by atoms with van der Waals surface area (Å²) in [7, 11) is -3.27. The standard InChI is InChI=1S/C13H19N3O3S/c1-2-20(18,19)15-12-7-5-11(6-8-12)14-13(17)16-9-3-4-10-16/h5-8,15H,2-4,9-10H2,1H3,(H,14,17). The molecule has 0 saturated carbocycles. The van der Waals surface area contributed by atoms with Gasteiger partial charge in [0.1, 0.15) is 0 Å². The van der Waals surface area contributed by atoms with Gasteiger partial charge in [0.15, 0.2) is 0 Å². The number of hydrogen-bond acceptors (Lipinski definition) is 3. The van der Waals surface area contributed by atoms with Gasteiger partial charge in [-0.05, 0) is 44.0 Å². The lowest BCUT2D eigenvalue weighted by Gasteiger charge is -2.16. The molecule has 20 heavy (non-hydrogen) atoms. The second kappa shape index (κ2) is 6.13. The monoisotopic (exact) mass is 297 g/mol. The Balaban J connectivity index is 1.96. The lowest BCUT2D eigenvalue weighted by Crippen LogP contribution is -2.32. The maximum Gasteiger partial charge on any atom is 0.321 e. The number of nitrogens with zero attached hydrogens (tertiary/aromatic N) is 1. The summed E-state index contributed by atoms with van der Waals surface area (Å²) < 4.78 is 25.3. The van der Waals surface area contributed by atoms with Gasteiger partial charge >= 0.3 is 6.03 Å². The normalized spacial score (nSPS) is 15.2. The van der Waals surface area contributed by atoms with Gasteiger partial charge in [0, 0.05) is 24.5 Å². The Kier molecular flexibility index (Phi) is 4.49. The second-order valence-corrected chi connectivity index (χ2v) is 6.72. The van der Waals surface area contributed by atoms with Crippen LogP contribution in [0.2, 0.25) is 0 Å². The summed E-state index contributed by atoms with van der Waals surface area (Å²) in [5.74, 6) is 0.0282. The summed E-state index contributed by atoms with van der Waals surface area (Å²) in [6.07, 6.45) is 2.09. The molecule has 1 heterocycles. The van der Waals surface area contributed by atoms with Gasteiger partial charge in [-0.3, -0.25) is 4.72 Å². The molecule has 0 aliphatic carbocycles. The van der Waals surface area contributed by atoms with Gasteiger partial charge in [-0.15, -0.1) is 0 Å². The van der Waals surface area contributed by atoms with Gasteiger partial charge < -0.3 is 10.2 Å². The third-order valence-corrected chi connectivity index (χ3v) is 4.49. The minimum atomic E-state index is -3.27. The number of hydrogen-bond donors (Lipinski definition) is 2. The van der Waals surface area contributed by atoms with Crippen molar-refractivity contribution in [2.45, 2.75) is 19.8 Å². The molecule has 1 aliphatic rings. The van der Waals surface area contributed by atoms with E-state index in [1.54, 1.807) is 36.1 Å². The number of urea groups is 1. The van der Waals surface area contributed by atoms with E-state index in [0.717, 1.165) is 25.9 Å². The van der Waals surface area contributed by atoms with Crippen molar-refractivity contribution in [3.8, 4) is 0 Å². The topological polar surface area (TPSA) is 78.5 Å². The van der Waals surface area contributed by atoms with Crippen LogP contribution in [0.15, 0.2) is 24.3 Å². The Morgan fingerprint density at radius 3 is 2.25 bits per heavy atom. The van der Waals surface area contributed by atoms with E-state index in [1.807, 2.05) is 0 Å². The summed E-state index contributed by atoms with van der Waals surface area (Å²) in [4.78, 5) is 13.6. The molecule has 0 spiro atoms. The van der Waals surface area contributed by atoms with Crippen LogP contribution < -0.4 is 10.0 Å². The van der Waals surface area contributed by atoms with Crippen molar-refractivity contribution >= 4 is 27.4 Å². The smallest absolute Gasteiger partial charge is 0.321 e. The van der Waals surface area contributed by atoms with Crippen LogP contribution in [0.3, 0.4) is 0 Å². The van der Waals surface area contributed by atoms with E-state index < -0.39 is 10.0 Å². The molecule has 7 heteroatoms. The van der Waals surface area contributed by atoms with Crippen molar-refractivity contribution in [3.63, 3.8) is 0 Å². The molecule has 0 unspecified atom stereocenters. The Morgan fingerprint density at radius 2 is 1.70 bits per heavy atom. The molecule has 1 fully saturated rings. The van der Waals surface area contributed by atoms with Crippen LogP contribution in [0.5, 0.6) is 0 Å². The van der Waals surface area contributed by atoms with E-state index in [-0.39, 0.29) is 11.8 Å². The number of benzene rings is 1. The van der Waals surface area contributed by atoms with Gasteiger partial charge in [0.05, 0.1) is 5.75 Å². The van der Waals surface area contributed by atoms with Crippen molar-refractivity contribution in [3.05, 3.63) is 24.3 Å². The van der Waals surface area contributed by atoms with Gasteiger partial charge in [-0.1, -0.05) is 0 Å². The molecule has 110 valence electrons. The van der Waals surface area contributed by atoms with Gasteiger partial charge in [0.25, 0.3) is 0 Å². The largest absolute Gasteiger partial charge is 0.325 e. The third-order valence-electron chi connectivity index (χ3n) is 3.18. The number of carbonyl (C=O) groups is 1. The molecule has 6 nitrogen and oxygen atoms in total. The summed E-state index contributed by atoms with van der Waals surface area (Å²) in [5, 5.41) is 2.80. The first-order valence-electron chi connectivity index (χ1n) is 6.66. The highest BCUT2D eigenvalue weighted by Crippen LogP contribution is 2.16. The molecule has 1 saturated heterocycles. The molecule has 0 atom stereocenters. The van der Waals surface area contributed by atoms with Crippen molar-refractivity contribution in [2.24, 2.45) is 0 Å². The number of amides is 2. The predicted octanol–water partition coefficient (Wildman–Crippen LogP) is 2.08. The number of carbonyl (C=O) groups excluding carboxylic acids is 1. The number of sulfonamides is 1. The van der Waals surface area contributed by atoms with Crippen molar-refractivity contribution < 1.29 is 13.2 Å². The maximum absolute atomic E-state index is 11.9. The summed E-state index contributed by atoms with van der Waals surface area (Å²) in [5.41, 5.74) is 1.15. The van der Waals surface area contributed by atoms with Gasteiger partial charge in [-0.25, -0.2) is 13.2 Å². The Morgan fingerprint density at radius 1 is 1.15 bits per heavy atom. The minimum Gasteiger partial charge on any atom is -0.325 e. The molecule has 2 N–H and O–H groups in total. The Labute approximate surface area is 119 Å². The summed E-state index contributed by atoms with van der Waals surface area (Å²) in [6.45, 7) is 3.16. The average Bonchev–Trinajstić information content (AvgIpc) is 2.95. The molecule has 1 aromatic rings. The zero-order valence-corrected chi connectivity index (χ0v) is 12.2. The van der Waals surface area contributed by atoms with E-state index >= 15 is 0 Å². The molecule has 0 aromatic heterocycles. The molecule has 2 amide bonds. The summed E-state index contributed by atoms with van der Waals surface area (Å²) >= 11 is 0. The zero-order chi connectivity index (χ0) is 14.6. The lowest BCUT2D eigenvalue weighted by atomic mass is 10.3. The molecule has 2 rings (SSSR count). The predicted molar refractivity (Wildman–Crippen MR) is 79.4 cm³/mol. The average molecular weight is 297 g/mol. The first-order chi connectivity index (χ1) is 9.50. The van der Waals surface area contributed by atoms with Crippen LogP contribution >= 0.6 is 0 Å². The molecular weight excluding hydrogens is 278 g/mol. The van der Waals surface area contributed by atoms with Crippen LogP contribution in [0.1, 0.15) is 19.8 Å². The fraction of sp³-hybridized carbons (Fsp3) is 0.462. The fourth-order valence-corrected chi connectivity index (χ4v) is 2.64. The lowest BCUT2D eigenvalue weighted by molar-refractivity contribution is 0.222. The first-order valence-corrected chi connectivity index (χ1v) is 8.32. The van der Waals surface area contributed by atoms with Crippen molar-refractivity contribution in [2.75, 3.05) is 28.9 Å². The van der Waals surface area contributed by atoms with Crippen LogP contribution in [-0.4, -0.2) is 38.2 Å². The molecule has 0 radical (unpaired) electrons. The molecule has 1 aliphatic heterocycles. The Bertz CT molecular complexity index is 563. The third kappa shape index (κ3) is 3.86. The highest BCUT2D eigenvalue weighted by atomic mass is 32.2.